The summed E-state index contributed by atoms with van der Waals surface area (Å²) >= 11 is 0. The minimum atomic E-state index is -0.423. The van der Waals surface area contributed by atoms with Crippen LogP contribution in [0.5, 0.6) is 5.88 Å². The Morgan fingerprint density at radius 3 is 3.06 bits per heavy atom. The van der Waals surface area contributed by atoms with Gasteiger partial charge >= 0.3 is 0 Å². The number of carbonyl (C=O) groups is 1. The number of rotatable bonds is 6. The Hall–Kier alpha value is -1.66. The lowest BCUT2D eigenvalue weighted by Gasteiger charge is -2.08. The van der Waals surface area contributed by atoms with E-state index in [1.54, 1.807) is 18.3 Å². The Labute approximate surface area is 93.5 Å². The van der Waals surface area contributed by atoms with Crippen molar-refractivity contribution in [2.75, 3.05) is 20.5 Å². The first-order valence-corrected chi connectivity index (χ1v) is 4.78. The van der Waals surface area contributed by atoms with Crippen molar-refractivity contribution in [2.24, 2.45) is 0 Å². The SMILES string of the molecule is CCOc1ncccc1C(=O)NOCOC. The molecule has 1 heterocycles. The fraction of sp³-hybridized carbons (Fsp3) is 0.400. The van der Waals surface area contributed by atoms with Crippen molar-refractivity contribution in [3.8, 4) is 5.88 Å². The molecule has 1 rings (SSSR count). The maximum atomic E-state index is 11.6. The summed E-state index contributed by atoms with van der Waals surface area (Å²) in [4.78, 5) is 20.3. The fourth-order valence-corrected chi connectivity index (χ4v) is 1.02. The third kappa shape index (κ3) is 3.48. The van der Waals surface area contributed by atoms with Crippen molar-refractivity contribution in [2.45, 2.75) is 6.92 Å². The molecule has 16 heavy (non-hydrogen) atoms. The van der Waals surface area contributed by atoms with Crippen LogP contribution in [0.4, 0.5) is 0 Å². The molecule has 1 aromatic rings. The van der Waals surface area contributed by atoms with E-state index in [1.165, 1.54) is 7.11 Å². The summed E-state index contributed by atoms with van der Waals surface area (Å²) in [5, 5.41) is 0. The first kappa shape index (κ1) is 12.4. The van der Waals surface area contributed by atoms with Crippen LogP contribution in [0.2, 0.25) is 0 Å². The molecular weight excluding hydrogens is 212 g/mol. The van der Waals surface area contributed by atoms with Crippen molar-refractivity contribution >= 4 is 5.91 Å². The molecule has 0 saturated heterocycles. The molecule has 0 aromatic carbocycles. The van der Waals surface area contributed by atoms with Crippen LogP contribution in [0.3, 0.4) is 0 Å². The molecule has 6 nitrogen and oxygen atoms in total. The van der Waals surface area contributed by atoms with E-state index in [0.717, 1.165) is 0 Å². The van der Waals surface area contributed by atoms with Crippen LogP contribution in [0.15, 0.2) is 18.3 Å². The number of methoxy groups -OCH3 is 1. The van der Waals surface area contributed by atoms with E-state index >= 15 is 0 Å². The summed E-state index contributed by atoms with van der Waals surface area (Å²) in [6.45, 7) is 2.24. The molecule has 1 amide bonds. The first-order chi connectivity index (χ1) is 7.79. The average Bonchev–Trinajstić information content (AvgIpc) is 2.30. The van der Waals surface area contributed by atoms with Gasteiger partial charge in [-0.05, 0) is 19.1 Å². The Morgan fingerprint density at radius 1 is 1.56 bits per heavy atom. The minimum Gasteiger partial charge on any atom is -0.477 e. The number of nitrogens with one attached hydrogen (secondary N) is 1. The second kappa shape index (κ2) is 6.76. The average molecular weight is 226 g/mol. The van der Waals surface area contributed by atoms with Crippen LogP contribution < -0.4 is 10.2 Å². The van der Waals surface area contributed by atoms with Gasteiger partial charge in [0, 0.05) is 13.3 Å². The summed E-state index contributed by atoms with van der Waals surface area (Å²) in [7, 11) is 1.46. The maximum Gasteiger partial charge on any atom is 0.280 e. The largest absolute Gasteiger partial charge is 0.477 e. The number of amides is 1. The summed E-state index contributed by atoms with van der Waals surface area (Å²) in [6.07, 6.45) is 1.55. The molecule has 1 aromatic heterocycles. The van der Waals surface area contributed by atoms with Crippen LogP contribution in [-0.4, -0.2) is 31.4 Å². The van der Waals surface area contributed by atoms with Crippen LogP contribution in [0.25, 0.3) is 0 Å². The molecule has 0 aliphatic rings. The van der Waals surface area contributed by atoms with E-state index in [2.05, 4.69) is 15.2 Å². The van der Waals surface area contributed by atoms with Crippen LogP contribution in [-0.2, 0) is 9.57 Å². The molecule has 0 radical (unpaired) electrons. The molecule has 88 valence electrons. The number of ether oxygens (including phenoxy) is 2. The Kier molecular flexibility index (Phi) is 5.24. The van der Waals surface area contributed by atoms with Gasteiger partial charge in [-0.25, -0.2) is 15.3 Å². The molecule has 6 heteroatoms. The molecule has 0 spiro atoms. The van der Waals surface area contributed by atoms with E-state index < -0.39 is 5.91 Å². The van der Waals surface area contributed by atoms with Gasteiger partial charge in [0.05, 0.1) is 6.61 Å². The van der Waals surface area contributed by atoms with Crippen molar-refractivity contribution in [3.63, 3.8) is 0 Å². The second-order valence-corrected chi connectivity index (χ2v) is 2.77. The lowest BCUT2D eigenvalue weighted by Crippen LogP contribution is -2.25. The van der Waals surface area contributed by atoms with Crippen molar-refractivity contribution in [1.82, 2.24) is 10.5 Å². The Bertz CT molecular complexity index is 343. The first-order valence-electron chi connectivity index (χ1n) is 4.78. The molecule has 0 atom stereocenters. The van der Waals surface area contributed by atoms with Gasteiger partial charge in [-0.2, -0.15) is 0 Å². The van der Waals surface area contributed by atoms with Gasteiger partial charge in [0.25, 0.3) is 5.91 Å². The highest BCUT2D eigenvalue weighted by Crippen LogP contribution is 2.13. The lowest BCUT2D eigenvalue weighted by atomic mass is 10.2. The van der Waals surface area contributed by atoms with Crippen LogP contribution in [0.1, 0.15) is 17.3 Å². The topological polar surface area (TPSA) is 69.7 Å². The Morgan fingerprint density at radius 2 is 2.38 bits per heavy atom. The fourth-order valence-electron chi connectivity index (χ4n) is 1.02. The van der Waals surface area contributed by atoms with Crippen molar-refractivity contribution < 1.29 is 19.1 Å². The standard InChI is InChI=1S/C10H14N2O4/c1-3-15-10-8(5-4-6-11-10)9(13)12-16-7-14-2/h4-6H,3,7H2,1-2H3,(H,12,13). The molecule has 0 aliphatic heterocycles. The third-order valence-corrected chi connectivity index (χ3v) is 1.64. The third-order valence-electron chi connectivity index (χ3n) is 1.64. The zero-order valence-electron chi connectivity index (χ0n) is 9.23. The van der Waals surface area contributed by atoms with Gasteiger partial charge < -0.3 is 9.47 Å². The van der Waals surface area contributed by atoms with Crippen molar-refractivity contribution in [1.29, 1.82) is 0 Å². The number of hydrogen-bond acceptors (Lipinski definition) is 5. The Balaban J connectivity index is 2.66. The highest BCUT2D eigenvalue weighted by Gasteiger charge is 2.12. The van der Waals surface area contributed by atoms with E-state index in [0.29, 0.717) is 12.2 Å². The molecule has 0 fully saturated rings. The van der Waals surface area contributed by atoms with Crippen LogP contribution in [0, 0.1) is 0 Å². The number of nitrogens with zero attached hydrogens (tertiary/aromatic N) is 1. The molecule has 0 aliphatic carbocycles. The predicted molar refractivity (Wildman–Crippen MR) is 55.8 cm³/mol. The molecular formula is C10H14N2O4. The lowest BCUT2D eigenvalue weighted by molar-refractivity contribution is -0.0705. The van der Waals surface area contributed by atoms with Gasteiger partial charge in [-0.1, -0.05) is 0 Å². The monoisotopic (exact) mass is 226 g/mol. The smallest absolute Gasteiger partial charge is 0.280 e. The van der Waals surface area contributed by atoms with Gasteiger partial charge in [-0.3, -0.25) is 4.79 Å². The van der Waals surface area contributed by atoms with Gasteiger partial charge in [0.2, 0.25) is 5.88 Å². The van der Waals surface area contributed by atoms with E-state index in [-0.39, 0.29) is 12.7 Å². The minimum absolute atomic E-state index is 0.0179. The predicted octanol–water partition coefficient (Wildman–Crippen LogP) is 0.746. The van der Waals surface area contributed by atoms with Gasteiger partial charge in [0.1, 0.15) is 5.56 Å². The highest BCUT2D eigenvalue weighted by atomic mass is 16.8. The van der Waals surface area contributed by atoms with Gasteiger partial charge in [-0.15, -0.1) is 0 Å². The highest BCUT2D eigenvalue weighted by molar-refractivity contribution is 5.95. The summed E-state index contributed by atoms with van der Waals surface area (Å²) in [6, 6.07) is 3.25. The summed E-state index contributed by atoms with van der Waals surface area (Å²) in [5.74, 6) is -0.142. The molecule has 0 unspecified atom stereocenters. The quantitative estimate of drug-likeness (QED) is 0.440. The molecule has 0 bridgehead atoms. The van der Waals surface area contributed by atoms with E-state index in [9.17, 15) is 4.79 Å². The van der Waals surface area contributed by atoms with E-state index in [1.807, 2.05) is 6.92 Å². The number of pyridine rings is 1. The number of hydrogen-bond donors (Lipinski definition) is 1. The van der Waals surface area contributed by atoms with E-state index in [4.69, 9.17) is 9.57 Å². The summed E-state index contributed by atoms with van der Waals surface area (Å²) < 4.78 is 9.83. The molecule has 1 N–H and O–H groups in total. The zero-order chi connectivity index (χ0) is 11.8. The number of aromatic nitrogens is 1. The number of hydroxylamine groups is 1. The van der Waals surface area contributed by atoms with Crippen LogP contribution >= 0.6 is 0 Å². The molecule has 0 saturated carbocycles. The zero-order valence-corrected chi connectivity index (χ0v) is 9.23. The van der Waals surface area contributed by atoms with Crippen molar-refractivity contribution in [3.05, 3.63) is 23.9 Å². The number of carbonyl (C=O) groups excluding carboxylic acids is 1. The summed E-state index contributed by atoms with van der Waals surface area (Å²) in [5.41, 5.74) is 2.53. The second-order valence-electron chi connectivity index (χ2n) is 2.77. The maximum absolute atomic E-state index is 11.6. The van der Waals surface area contributed by atoms with Gasteiger partial charge in [0.15, 0.2) is 6.79 Å². The normalized spacial score (nSPS) is 9.88.